The molecule has 0 bridgehead atoms. The van der Waals surface area contributed by atoms with E-state index in [1.165, 1.54) is 11.8 Å². The maximum atomic E-state index is 12.6. The third-order valence-corrected chi connectivity index (χ3v) is 5.02. The van der Waals surface area contributed by atoms with Gasteiger partial charge in [-0.3, -0.25) is 4.79 Å². The molecule has 0 unspecified atom stereocenters. The van der Waals surface area contributed by atoms with E-state index in [9.17, 15) is 4.79 Å². The van der Waals surface area contributed by atoms with Gasteiger partial charge in [-0.2, -0.15) is 0 Å². The van der Waals surface area contributed by atoms with Crippen molar-refractivity contribution in [2.75, 3.05) is 37.3 Å². The van der Waals surface area contributed by atoms with E-state index < -0.39 is 0 Å². The normalized spacial score (nSPS) is 14.7. The van der Waals surface area contributed by atoms with Crippen molar-refractivity contribution < 1.29 is 4.79 Å². The molecule has 0 atom stereocenters. The molecule has 0 aliphatic carbocycles. The largest absolute Gasteiger partial charge is 0.352 e. The molecule has 0 N–H and O–H groups in total. The Bertz CT molecular complexity index is 919. The minimum atomic E-state index is -0.0233. The highest BCUT2D eigenvalue weighted by Crippen LogP contribution is 2.23. The Morgan fingerprint density at radius 3 is 2.46 bits per heavy atom. The summed E-state index contributed by atoms with van der Waals surface area (Å²) in [5.41, 5.74) is 1.46. The van der Waals surface area contributed by atoms with Gasteiger partial charge in [0.1, 0.15) is 12.1 Å². The van der Waals surface area contributed by atoms with Crippen LogP contribution in [-0.2, 0) is 0 Å². The molecule has 2 aromatic heterocycles. The molecule has 7 nitrogen and oxygen atoms in total. The molecule has 3 aromatic rings. The van der Waals surface area contributed by atoms with Gasteiger partial charge in [-0.25, -0.2) is 19.9 Å². The average molecular weight is 366 g/mol. The molecule has 0 radical (unpaired) electrons. The molecule has 3 heterocycles. The summed E-state index contributed by atoms with van der Waals surface area (Å²) in [5, 5.41) is 1.71. The smallest absolute Gasteiger partial charge is 0.257 e. The molecular weight excluding hydrogens is 348 g/mol. The molecule has 0 spiro atoms. The zero-order chi connectivity index (χ0) is 17.9. The van der Waals surface area contributed by atoms with Gasteiger partial charge in [-0.1, -0.05) is 23.9 Å². The number of para-hydroxylation sites is 1. The van der Waals surface area contributed by atoms with Crippen LogP contribution in [0.4, 0.5) is 5.82 Å². The van der Waals surface area contributed by atoms with E-state index >= 15 is 0 Å². The number of fused-ring (bicyclic) bond motifs is 1. The third-order valence-electron chi connectivity index (χ3n) is 4.45. The number of rotatable bonds is 3. The van der Waals surface area contributed by atoms with Crippen LogP contribution in [0.15, 0.2) is 48.1 Å². The van der Waals surface area contributed by atoms with E-state index in [1.54, 1.807) is 18.7 Å². The van der Waals surface area contributed by atoms with Gasteiger partial charge >= 0.3 is 0 Å². The van der Waals surface area contributed by atoms with Crippen molar-refractivity contribution in [2.45, 2.75) is 5.16 Å². The minimum absolute atomic E-state index is 0.0233. The second-order valence-electron chi connectivity index (χ2n) is 5.95. The highest BCUT2D eigenvalue weighted by atomic mass is 32.2. The van der Waals surface area contributed by atoms with E-state index in [1.807, 2.05) is 35.4 Å². The topological polar surface area (TPSA) is 75.1 Å². The second-order valence-corrected chi connectivity index (χ2v) is 6.73. The van der Waals surface area contributed by atoms with Crippen LogP contribution in [-0.4, -0.2) is 63.2 Å². The van der Waals surface area contributed by atoms with Crippen molar-refractivity contribution in [3.05, 3.63) is 48.5 Å². The maximum Gasteiger partial charge on any atom is 0.257 e. The summed E-state index contributed by atoms with van der Waals surface area (Å²) >= 11 is 1.46. The number of amides is 1. The molecule has 1 aliphatic rings. The van der Waals surface area contributed by atoms with Gasteiger partial charge in [0.25, 0.3) is 5.91 Å². The van der Waals surface area contributed by atoms with Crippen LogP contribution in [0.3, 0.4) is 0 Å². The molecule has 132 valence electrons. The third kappa shape index (κ3) is 3.20. The van der Waals surface area contributed by atoms with Crippen LogP contribution in [0.2, 0.25) is 0 Å². The van der Waals surface area contributed by atoms with Gasteiger partial charge in [-0.15, -0.1) is 0 Å². The molecule has 0 saturated carbocycles. The molecule has 1 saturated heterocycles. The molecule has 1 fully saturated rings. The second kappa shape index (κ2) is 7.25. The number of piperazine rings is 1. The zero-order valence-electron chi connectivity index (χ0n) is 14.4. The SMILES string of the molecule is CSc1ncc(C(=O)N2CCN(c3ncnc4ccccc34)CC2)cn1. The molecule has 1 amide bonds. The van der Waals surface area contributed by atoms with Crippen LogP contribution in [0.25, 0.3) is 10.9 Å². The summed E-state index contributed by atoms with van der Waals surface area (Å²) in [6, 6.07) is 7.98. The number of nitrogens with zero attached hydrogens (tertiary/aromatic N) is 6. The first-order chi connectivity index (χ1) is 12.8. The Labute approximate surface area is 155 Å². The Morgan fingerprint density at radius 1 is 1.00 bits per heavy atom. The van der Waals surface area contributed by atoms with Crippen LogP contribution in [0.1, 0.15) is 10.4 Å². The average Bonchev–Trinajstić information content (AvgIpc) is 2.73. The van der Waals surface area contributed by atoms with Crippen LogP contribution >= 0.6 is 11.8 Å². The van der Waals surface area contributed by atoms with Crippen molar-refractivity contribution in [1.29, 1.82) is 0 Å². The number of aromatic nitrogens is 4. The van der Waals surface area contributed by atoms with Crippen LogP contribution in [0, 0.1) is 0 Å². The van der Waals surface area contributed by atoms with Gasteiger partial charge in [0, 0.05) is 44.0 Å². The monoisotopic (exact) mass is 366 g/mol. The van der Waals surface area contributed by atoms with E-state index in [0.717, 1.165) is 29.8 Å². The highest BCUT2D eigenvalue weighted by Gasteiger charge is 2.24. The number of carbonyl (C=O) groups is 1. The Kier molecular flexibility index (Phi) is 4.66. The summed E-state index contributed by atoms with van der Waals surface area (Å²) in [6.45, 7) is 2.75. The van der Waals surface area contributed by atoms with Crippen LogP contribution < -0.4 is 4.90 Å². The number of carbonyl (C=O) groups excluding carboxylic acids is 1. The predicted molar refractivity (Wildman–Crippen MR) is 101 cm³/mol. The first-order valence-electron chi connectivity index (χ1n) is 8.36. The summed E-state index contributed by atoms with van der Waals surface area (Å²) in [7, 11) is 0. The zero-order valence-corrected chi connectivity index (χ0v) is 15.2. The summed E-state index contributed by atoms with van der Waals surface area (Å²) in [6.07, 6.45) is 6.71. The van der Waals surface area contributed by atoms with Gasteiger partial charge in [-0.05, 0) is 18.4 Å². The number of anilines is 1. The minimum Gasteiger partial charge on any atom is -0.352 e. The predicted octanol–water partition coefficient (Wildman–Crippen LogP) is 2.10. The van der Waals surface area contributed by atoms with E-state index in [-0.39, 0.29) is 5.91 Å². The number of hydrogen-bond donors (Lipinski definition) is 0. The quantitative estimate of drug-likeness (QED) is 0.519. The first kappa shape index (κ1) is 16.7. The van der Waals surface area contributed by atoms with E-state index in [0.29, 0.717) is 23.8 Å². The molecule has 8 heteroatoms. The summed E-state index contributed by atoms with van der Waals surface area (Å²) in [5.74, 6) is 0.903. The lowest BCUT2D eigenvalue weighted by Gasteiger charge is -2.35. The number of thioether (sulfide) groups is 1. The maximum absolute atomic E-state index is 12.6. The van der Waals surface area contributed by atoms with Gasteiger partial charge < -0.3 is 9.80 Å². The molecule has 1 aromatic carbocycles. The lowest BCUT2D eigenvalue weighted by atomic mass is 10.2. The lowest BCUT2D eigenvalue weighted by molar-refractivity contribution is 0.0745. The molecular formula is C18H18N6OS. The van der Waals surface area contributed by atoms with Crippen molar-refractivity contribution in [2.24, 2.45) is 0 Å². The fraction of sp³-hybridized carbons (Fsp3) is 0.278. The highest BCUT2D eigenvalue weighted by molar-refractivity contribution is 7.98. The van der Waals surface area contributed by atoms with Crippen LogP contribution in [0.5, 0.6) is 0 Å². The molecule has 1 aliphatic heterocycles. The van der Waals surface area contributed by atoms with Crippen molar-refractivity contribution in [3.8, 4) is 0 Å². The Balaban J connectivity index is 1.47. The van der Waals surface area contributed by atoms with Gasteiger partial charge in [0.15, 0.2) is 5.16 Å². The molecule has 4 rings (SSSR count). The van der Waals surface area contributed by atoms with E-state index in [4.69, 9.17) is 0 Å². The fourth-order valence-electron chi connectivity index (χ4n) is 3.08. The van der Waals surface area contributed by atoms with E-state index in [2.05, 4.69) is 24.8 Å². The Morgan fingerprint density at radius 2 is 1.73 bits per heavy atom. The van der Waals surface area contributed by atoms with Gasteiger partial charge in [0.2, 0.25) is 0 Å². The number of hydrogen-bond acceptors (Lipinski definition) is 7. The first-order valence-corrected chi connectivity index (χ1v) is 9.59. The fourth-order valence-corrected chi connectivity index (χ4v) is 3.39. The number of benzene rings is 1. The molecule has 26 heavy (non-hydrogen) atoms. The standard InChI is InChI=1S/C18H18N6OS/c1-26-18-19-10-13(11-20-18)17(25)24-8-6-23(7-9-24)16-14-4-2-3-5-15(14)21-12-22-16/h2-5,10-12H,6-9H2,1H3. The summed E-state index contributed by atoms with van der Waals surface area (Å²) in [4.78, 5) is 33.9. The van der Waals surface area contributed by atoms with Gasteiger partial charge in [0.05, 0.1) is 11.1 Å². The lowest BCUT2D eigenvalue weighted by Crippen LogP contribution is -2.49. The van der Waals surface area contributed by atoms with Crippen molar-refractivity contribution >= 4 is 34.4 Å². The Hall–Kier alpha value is -2.74. The van der Waals surface area contributed by atoms with Crippen molar-refractivity contribution in [3.63, 3.8) is 0 Å². The summed E-state index contributed by atoms with van der Waals surface area (Å²) < 4.78 is 0. The van der Waals surface area contributed by atoms with Crippen molar-refractivity contribution in [1.82, 2.24) is 24.8 Å².